The van der Waals surface area contributed by atoms with Gasteiger partial charge in [0.15, 0.2) is 0 Å². The van der Waals surface area contributed by atoms with Gasteiger partial charge in [-0.05, 0) is 49.9 Å². The van der Waals surface area contributed by atoms with Crippen LogP contribution >= 0.6 is 0 Å². The van der Waals surface area contributed by atoms with Gasteiger partial charge in [-0.3, -0.25) is 0 Å². The van der Waals surface area contributed by atoms with E-state index in [-0.39, 0.29) is 24.2 Å². The Morgan fingerprint density at radius 1 is 1.18 bits per heavy atom. The van der Waals surface area contributed by atoms with Crippen molar-refractivity contribution in [3.63, 3.8) is 0 Å². The SMILES string of the molecule is C=C(C)C(=O)OCCCCCCc1cc(C(=O)O)ccc1C(=O)OCC1CO1. The van der Waals surface area contributed by atoms with Gasteiger partial charge in [-0.1, -0.05) is 19.4 Å². The lowest BCUT2D eigenvalue weighted by atomic mass is 9.98. The van der Waals surface area contributed by atoms with Gasteiger partial charge in [0.1, 0.15) is 12.7 Å². The molecule has 1 aromatic carbocycles. The molecule has 2 rings (SSSR count). The lowest BCUT2D eigenvalue weighted by Crippen LogP contribution is -2.13. The number of hydrogen-bond acceptors (Lipinski definition) is 6. The Balaban J connectivity index is 1.82. The molecule has 1 aliphatic rings. The minimum atomic E-state index is -1.04. The average Bonchev–Trinajstić information content (AvgIpc) is 3.49. The zero-order valence-corrected chi connectivity index (χ0v) is 16.1. The van der Waals surface area contributed by atoms with Crippen LogP contribution in [0.15, 0.2) is 30.4 Å². The van der Waals surface area contributed by atoms with E-state index in [4.69, 9.17) is 14.2 Å². The van der Waals surface area contributed by atoms with Crippen molar-refractivity contribution in [1.29, 1.82) is 0 Å². The fourth-order valence-electron chi connectivity index (χ4n) is 2.60. The Morgan fingerprint density at radius 2 is 1.89 bits per heavy atom. The topological polar surface area (TPSA) is 102 Å². The number of carbonyl (C=O) groups excluding carboxylic acids is 2. The zero-order valence-electron chi connectivity index (χ0n) is 16.1. The van der Waals surface area contributed by atoms with Gasteiger partial charge in [-0.15, -0.1) is 0 Å². The molecule has 1 atom stereocenters. The van der Waals surface area contributed by atoms with E-state index in [1.165, 1.54) is 18.2 Å². The molecular formula is C21H26O7. The molecule has 1 heterocycles. The Morgan fingerprint density at radius 3 is 2.54 bits per heavy atom. The fraction of sp³-hybridized carbons (Fsp3) is 0.476. The molecular weight excluding hydrogens is 364 g/mol. The molecule has 28 heavy (non-hydrogen) atoms. The molecule has 0 radical (unpaired) electrons. The van der Waals surface area contributed by atoms with E-state index in [0.717, 1.165) is 25.7 Å². The van der Waals surface area contributed by atoms with Gasteiger partial charge in [-0.25, -0.2) is 14.4 Å². The minimum absolute atomic E-state index is 0.0235. The highest BCUT2D eigenvalue weighted by atomic mass is 16.6. The molecule has 152 valence electrons. The first-order chi connectivity index (χ1) is 13.4. The van der Waals surface area contributed by atoms with Crippen LogP contribution in [-0.2, 0) is 25.4 Å². The van der Waals surface area contributed by atoms with Crippen LogP contribution in [0.25, 0.3) is 0 Å². The van der Waals surface area contributed by atoms with Crippen LogP contribution in [0.2, 0.25) is 0 Å². The molecule has 1 unspecified atom stereocenters. The van der Waals surface area contributed by atoms with Gasteiger partial charge in [-0.2, -0.15) is 0 Å². The second kappa shape index (κ2) is 10.6. The lowest BCUT2D eigenvalue weighted by molar-refractivity contribution is -0.139. The average molecular weight is 390 g/mol. The number of esters is 2. The number of hydrogen-bond donors (Lipinski definition) is 1. The Kier molecular flexibility index (Phi) is 8.19. The molecule has 0 bridgehead atoms. The molecule has 0 amide bonds. The van der Waals surface area contributed by atoms with E-state index in [1.54, 1.807) is 6.92 Å². The maximum atomic E-state index is 12.3. The minimum Gasteiger partial charge on any atom is -0.478 e. The van der Waals surface area contributed by atoms with Crippen LogP contribution in [0.4, 0.5) is 0 Å². The van der Waals surface area contributed by atoms with E-state index < -0.39 is 11.9 Å². The first kappa shape index (κ1) is 21.6. The Labute approximate surface area is 164 Å². The van der Waals surface area contributed by atoms with Crippen molar-refractivity contribution in [3.05, 3.63) is 47.0 Å². The number of epoxide rings is 1. The van der Waals surface area contributed by atoms with Crippen LogP contribution in [-0.4, -0.2) is 48.9 Å². The number of rotatable bonds is 12. The van der Waals surface area contributed by atoms with Crippen LogP contribution in [0.5, 0.6) is 0 Å². The number of carboxylic acids is 1. The summed E-state index contributed by atoms with van der Waals surface area (Å²) < 4.78 is 15.3. The summed E-state index contributed by atoms with van der Waals surface area (Å²) in [5.74, 6) is -1.88. The normalized spacial score (nSPS) is 15.0. The van der Waals surface area contributed by atoms with Gasteiger partial charge in [0.25, 0.3) is 0 Å². The third kappa shape index (κ3) is 7.15. The smallest absolute Gasteiger partial charge is 0.338 e. The first-order valence-corrected chi connectivity index (χ1v) is 9.36. The third-order valence-electron chi connectivity index (χ3n) is 4.30. The van der Waals surface area contributed by atoms with Crippen molar-refractivity contribution in [3.8, 4) is 0 Å². The zero-order chi connectivity index (χ0) is 20.5. The Bertz CT molecular complexity index is 734. The second-order valence-electron chi connectivity index (χ2n) is 6.81. The highest BCUT2D eigenvalue weighted by Gasteiger charge is 2.25. The Hall–Kier alpha value is -2.67. The quantitative estimate of drug-likeness (QED) is 0.253. The van der Waals surface area contributed by atoms with Gasteiger partial charge in [0.2, 0.25) is 0 Å². The van der Waals surface area contributed by atoms with Crippen LogP contribution in [0.1, 0.15) is 58.9 Å². The molecule has 1 aliphatic heterocycles. The molecule has 1 fully saturated rings. The molecule has 1 N–H and O–H groups in total. The number of unbranched alkanes of at least 4 members (excludes halogenated alkanes) is 3. The van der Waals surface area contributed by atoms with E-state index in [0.29, 0.717) is 36.3 Å². The largest absolute Gasteiger partial charge is 0.478 e. The number of benzene rings is 1. The van der Waals surface area contributed by atoms with Crippen LogP contribution in [0, 0.1) is 0 Å². The van der Waals surface area contributed by atoms with Crippen LogP contribution in [0.3, 0.4) is 0 Å². The monoisotopic (exact) mass is 390 g/mol. The molecule has 0 saturated carbocycles. The predicted octanol–water partition coefficient (Wildman–Crippen LogP) is 3.16. The van der Waals surface area contributed by atoms with Crippen molar-refractivity contribution in [1.82, 2.24) is 0 Å². The molecule has 7 nitrogen and oxygen atoms in total. The highest BCUT2D eigenvalue weighted by molar-refractivity contribution is 5.94. The van der Waals surface area contributed by atoms with Crippen LogP contribution < -0.4 is 0 Å². The van der Waals surface area contributed by atoms with Gasteiger partial charge < -0.3 is 19.3 Å². The summed E-state index contributed by atoms with van der Waals surface area (Å²) in [7, 11) is 0. The molecule has 0 spiro atoms. The lowest BCUT2D eigenvalue weighted by Gasteiger charge is -2.10. The number of aromatic carboxylic acids is 1. The van der Waals surface area contributed by atoms with Gasteiger partial charge in [0, 0.05) is 5.57 Å². The number of aryl methyl sites for hydroxylation is 1. The van der Waals surface area contributed by atoms with Gasteiger partial charge >= 0.3 is 17.9 Å². The van der Waals surface area contributed by atoms with E-state index in [9.17, 15) is 19.5 Å². The molecule has 7 heteroatoms. The molecule has 0 aliphatic carbocycles. The molecule has 1 aromatic rings. The highest BCUT2D eigenvalue weighted by Crippen LogP contribution is 2.18. The summed E-state index contributed by atoms with van der Waals surface area (Å²) >= 11 is 0. The summed E-state index contributed by atoms with van der Waals surface area (Å²) in [6.07, 6.45) is 3.79. The second-order valence-corrected chi connectivity index (χ2v) is 6.81. The third-order valence-corrected chi connectivity index (χ3v) is 4.30. The van der Waals surface area contributed by atoms with Crippen molar-refractivity contribution < 1.29 is 33.7 Å². The van der Waals surface area contributed by atoms with Gasteiger partial charge in [0.05, 0.1) is 24.3 Å². The van der Waals surface area contributed by atoms with E-state index >= 15 is 0 Å². The number of carbonyl (C=O) groups is 3. The summed E-state index contributed by atoms with van der Waals surface area (Å²) in [4.78, 5) is 34.8. The fourth-order valence-corrected chi connectivity index (χ4v) is 2.60. The van der Waals surface area contributed by atoms with Crippen molar-refractivity contribution in [2.75, 3.05) is 19.8 Å². The summed E-state index contributed by atoms with van der Waals surface area (Å²) in [6, 6.07) is 4.44. The predicted molar refractivity (Wildman–Crippen MR) is 101 cm³/mol. The van der Waals surface area contributed by atoms with E-state index in [2.05, 4.69) is 6.58 Å². The van der Waals surface area contributed by atoms with Crippen molar-refractivity contribution >= 4 is 17.9 Å². The van der Waals surface area contributed by atoms with Crippen molar-refractivity contribution in [2.24, 2.45) is 0 Å². The number of ether oxygens (including phenoxy) is 3. The maximum absolute atomic E-state index is 12.3. The standard InChI is InChI=1S/C21H26O7/c1-14(2)20(24)26-10-6-4-3-5-7-15-11-16(19(22)23)8-9-18(15)21(25)28-13-17-12-27-17/h8-9,11,17H,1,3-7,10,12-13H2,2H3,(H,22,23). The maximum Gasteiger partial charge on any atom is 0.338 e. The molecule has 0 aromatic heterocycles. The van der Waals surface area contributed by atoms with E-state index in [1.807, 2.05) is 0 Å². The summed E-state index contributed by atoms with van der Waals surface area (Å²) in [6.45, 7) is 6.28. The van der Waals surface area contributed by atoms with Crippen molar-refractivity contribution in [2.45, 2.75) is 45.1 Å². The summed E-state index contributed by atoms with van der Waals surface area (Å²) in [5.41, 5.74) is 1.58. The first-order valence-electron chi connectivity index (χ1n) is 9.36. The molecule has 1 saturated heterocycles. The number of carboxylic acid groups (broad SMARTS) is 1. The summed E-state index contributed by atoms with van der Waals surface area (Å²) in [5, 5.41) is 9.20.